The minimum Gasteiger partial charge on any atom is -0.442 e. The van der Waals surface area contributed by atoms with Crippen LogP contribution in [0, 0.1) is 0 Å². The van der Waals surface area contributed by atoms with Crippen molar-refractivity contribution in [2.45, 2.75) is 28.7 Å². The van der Waals surface area contributed by atoms with Crippen molar-refractivity contribution in [3.05, 3.63) is 48.0 Å². The first kappa shape index (κ1) is 22.0. The van der Waals surface area contributed by atoms with Crippen LogP contribution in [0.15, 0.2) is 47.4 Å². The van der Waals surface area contributed by atoms with Crippen LogP contribution < -0.4 is 11.1 Å². The summed E-state index contributed by atoms with van der Waals surface area (Å²) in [7, 11) is 0. The number of anilines is 1. The van der Waals surface area contributed by atoms with Crippen molar-refractivity contribution in [2.24, 2.45) is 5.73 Å². The zero-order chi connectivity index (χ0) is 22.3. The highest BCUT2D eigenvalue weighted by molar-refractivity contribution is 8.00. The number of hydrogen-bond acceptors (Lipinski definition) is 5. The molecule has 0 radical (unpaired) electrons. The summed E-state index contributed by atoms with van der Waals surface area (Å²) in [4.78, 5) is 23.5. The fourth-order valence-corrected chi connectivity index (χ4v) is 3.66. The van der Waals surface area contributed by atoms with Crippen LogP contribution in [0.5, 0.6) is 0 Å². The van der Waals surface area contributed by atoms with Gasteiger partial charge in [-0.15, -0.1) is 0 Å². The number of ether oxygens (including phenoxy) is 1. The van der Waals surface area contributed by atoms with Crippen molar-refractivity contribution in [1.82, 2.24) is 0 Å². The first-order valence-corrected chi connectivity index (χ1v) is 9.07. The Labute approximate surface area is 169 Å². The lowest BCUT2D eigenvalue weighted by atomic mass is 10.0. The van der Waals surface area contributed by atoms with E-state index in [0.29, 0.717) is 22.9 Å². The van der Waals surface area contributed by atoms with Gasteiger partial charge in [0.25, 0.3) is 0 Å². The Balaban J connectivity index is 1.92. The van der Waals surface area contributed by atoms with Crippen molar-refractivity contribution in [1.29, 1.82) is 0 Å². The molecule has 1 aliphatic heterocycles. The molecule has 160 valence electrons. The van der Waals surface area contributed by atoms with Crippen LogP contribution in [0.3, 0.4) is 0 Å². The van der Waals surface area contributed by atoms with E-state index in [1.54, 1.807) is 0 Å². The van der Waals surface area contributed by atoms with Gasteiger partial charge in [0.05, 0.1) is 11.3 Å². The van der Waals surface area contributed by atoms with Gasteiger partial charge >= 0.3 is 18.3 Å². The van der Waals surface area contributed by atoms with E-state index in [4.69, 9.17) is 5.73 Å². The van der Waals surface area contributed by atoms with E-state index in [-0.39, 0.29) is 10.6 Å². The van der Waals surface area contributed by atoms with E-state index in [9.17, 15) is 35.9 Å². The number of esters is 1. The van der Waals surface area contributed by atoms with E-state index < -0.39 is 41.3 Å². The molecule has 0 fully saturated rings. The van der Waals surface area contributed by atoms with Crippen LogP contribution in [0.2, 0.25) is 0 Å². The molecule has 2 aromatic rings. The largest absolute Gasteiger partial charge is 0.490 e. The molecule has 30 heavy (non-hydrogen) atoms. The van der Waals surface area contributed by atoms with Crippen molar-refractivity contribution in [3.8, 4) is 11.1 Å². The van der Waals surface area contributed by atoms with Gasteiger partial charge < -0.3 is 15.8 Å². The molecule has 3 N–H and O–H groups in total. The number of thioether (sulfide) groups is 1. The van der Waals surface area contributed by atoms with Gasteiger partial charge in [0.1, 0.15) is 6.04 Å². The van der Waals surface area contributed by atoms with E-state index in [1.807, 2.05) is 0 Å². The first-order chi connectivity index (χ1) is 13.9. The average molecular weight is 450 g/mol. The predicted molar refractivity (Wildman–Crippen MR) is 95.3 cm³/mol. The predicted octanol–water partition coefficient (Wildman–Crippen LogP) is 4.18. The summed E-state index contributed by atoms with van der Waals surface area (Å²) in [6, 6.07) is 7.04. The number of rotatable bonds is 2. The van der Waals surface area contributed by atoms with Crippen LogP contribution in [-0.2, 0) is 20.5 Å². The molecule has 0 aromatic heterocycles. The maximum atomic E-state index is 12.7. The Hall–Kier alpha value is -2.73. The topological polar surface area (TPSA) is 81.4 Å². The van der Waals surface area contributed by atoms with E-state index in [2.05, 4.69) is 10.1 Å². The average Bonchev–Trinajstić information content (AvgIpc) is 2.77. The smallest absolute Gasteiger partial charge is 0.442 e. The van der Waals surface area contributed by atoms with Crippen molar-refractivity contribution in [2.75, 3.05) is 5.32 Å². The minimum absolute atomic E-state index is 0.210. The number of fused-ring (bicyclic) bond motifs is 1. The lowest BCUT2D eigenvalue weighted by Gasteiger charge is -2.20. The molecule has 0 saturated carbocycles. The zero-order valence-corrected chi connectivity index (χ0v) is 15.5. The zero-order valence-electron chi connectivity index (χ0n) is 14.7. The third-order valence-electron chi connectivity index (χ3n) is 4.08. The van der Waals surface area contributed by atoms with Crippen molar-refractivity contribution in [3.63, 3.8) is 0 Å². The molecule has 1 unspecified atom stereocenters. The maximum Gasteiger partial charge on any atom is 0.490 e. The van der Waals surface area contributed by atoms with Gasteiger partial charge in [-0.3, -0.25) is 4.79 Å². The molecule has 0 spiro atoms. The lowest BCUT2D eigenvalue weighted by Crippen LogP contribution is -2.46. The van der Waals surface area contributed by atoms with Gasteiger partial charge in [-0.05, 0) is 35.4 Å². The van der Waals surface area contributed by atoms with E-state index in [1.165, 1.54) is 30.3 Å². The summed E-state index contributed by atoms with van der Waals surface area (Å²) < 4.78 is 80.1. The van der Waals surface area contributed by atoms with Crippen LogP contribution in [0.4, 0.5) is 32.0 Å². The van der Waals surface area contributed by atoms with E-state index in [0.717, 1.165) is 12.1 Å². The Morgan fingerprint density at radius 3 is 2.17 bits per heavy atom. The van der Waals surface area contributed by atoms with Gasteiger partial charge in [0.15, 0.2) is 5.44 Å². The quantitative estimate of drug-likeness (QED) is 0.530. The molecule has 0 aliphatic carbocycles. The van der Waals surface area contributed by atoms with Gasteiger partial charge in [-0.1, -0.05) is 30.0 Å². The highest BCUT2D eigenvalue weighted by atomic mass is 32.2. The fraction of sp³-hybridized carbons (Fsp3) is 0.222. The second-order valence-corrected chi connectivity index (χ2v) is 7.33. The number of nitrogens with one attached hydrogen (secondary N) is 1. The number of halogens is 6. The number of benzene rings is 2. The van der Waals surface area contributed by atoms with Crippen LogP contribution in [-0.4, -0.2) is 29.5 Å². The number of amides is 1. The SMILES string of the molecule is N[C@@H]1C(=O)Nc2ccc(-c3ccc(C(F)(F)F)cc3)cc2SC1OC(=O)C(F)(F)F. The molecule has 1 amide bonds. The monoisotopic (exact) mass is 450 g/mol. The lowest BCUT2D eigenvalue weighted by molar-refractivity contribution is -0.201. The first-order valence-electron chi connectivity index (χ1n) is 8.19. The summed E-state index contributed by atoms with van der Waals surface area (Å²) in [6.45, 7) is 0. The molecule has 0 saturated heterocycles. The molecule has 0 bridgehead atoms. The molecule has 5 nitrogen and oxygen atoms in total. The minimum atomic E-state index is -5.27. The Morgan fingerprint density at radius 1 is 1.00 bits per heavy atom. The normalized spacial score (nSPS) is 19.5. The summed E-state index contributed by atoms with van der Waals surface area (Å²) in [5, 5.41) is 2.42. The Kier molecular flexibility index (Phi) is 5.74. The molecule has 3 rings (SSSR count). The summed E-state index contributed by atoms with van der Waals surface area (Å²) >= 11 is 0.619. The Bertz CT molecular complexity index is 975. The van der Waals surface area contributed by atoms with Gasteiger partial charge in [-0.25, -0.2) is 4.79 Å². The van der Waals surface area contributed by atoms with Crippen LogP contribution in [0.25, 0.3) is 11.1 Å². The molecular weight excluding hydrogens is 438 g/mol. The standard InChI is InChI=1S/C18H12F6N2O3S/c19-17(20,21)10-4-1-8(2-5-10)9-3-6-11-12(7-9)30-15(13(25)14(27)26-11)29-16(28)18(22,23)24/h1-7,13,15H,25H2,(H,26,27)/t13-,15?/m1/s1. The molecule has 1 heterocycles. The number of alkyl halides is 6. The van der Waals surface area contributed by atoms with Gasteiger partial charge in [0, 0.05) is 4.90 Å². The Morgan fingerprint density at radius 2 is 1.60 bits per heavy atom. The highest BCUT2D eigenvalue weighted by Crippen LogP contribution is 2.39. The third-order valence-corrected chi connectivity index (χ3v) is 5.29. The highest BCUT2D eigenvalue weighted by Gasteiger charge is 2.44. The van der Waals surface area contributed by atoms with Crippen molar-refractivity contribution < 1.29 is 40.7 Å². The number of carbonyl (C=O) groups excluding carboxylic acids is 2. The second-order valence-electron chi connectivity index (χ2n) is 6.19. The maximum absolute atomic E-state index is 12.7. The number of nitrogens with two attached hydrogens (primary N) is 1. The summed E-state index contributed by atoms with van der Waals surface area (Å²) in [5.41, 5.74) is 4.15. The van der Waals surface area contributed by atoms with Crippen LogP contribution >= 0.6 is 11.8 Å². The molecule has 12 heteroatoms. The molecule has 2 atom stereocenters. The second kappa shape index (κ2) is 7.84. The summed E-state index contributed by atoms with van der Waals surface area (Å²) in [5.74, 6) is -3.35. The number of hydrogen-bond donors (Lipinski definition) is 2. The van der Waals surface area contributed by atoms with Gasteiger partial charge in [-0.2, -0.15) is 26.3 Å². The molecule has 2 aromatic carbocycles. The molecular formula is C18H12F6N2O3S. The third kappa shape index (κ3) is 4.70. The van der Waals surface area contributed by atoms with E-state index >= 15 is 0 Å². The number of carbonyl (C=O) groups is 2. The fourth-order valence-electron chi connectivity index (χ4n) is 2.56. The molecule has 1 aliphatic rings. The van der Waals surface area contributed by atoms with Crippen LogP contribution in [0.1, 0.15) is 5.56 Å². The summed E-state index contributed by atoms with van der Waals surface area (Å²) in [6.07, 6.45) is -9.77. The van der Waals surface area contributed by atoms with Gasteiger partial charge in [0.2, 0.25) is 5.91 Å². The van der Waals surface area contributed by atoms with Crippen molar-refractivity contribution >= 4 is 29.3 Å².